The molecule has 2 aromatic carbocycles. The molecule has 0 saturated heterocycles. The molecule has 0 fully saturated rings. The smallest absolute Gasteiger partial charge is 0.223 e. The van der Waals surface area contributed by atoms with E-state index < -0.39 is 9.84 Å². The highest BCUT2D eigenvalue weighted by molar-refractivity contribution is 7.91. The lowest BCUT2D eigenvalue weighted by atomic mass is 10.1. The Morgan fingerprint density at radius 3 is 2.74 bits per heavy atom. The van der Waals surface area contributed by atoms with Crippen LogP contribution in [0.1, 0.15) is 6.42 Å². The molecule has 0 aliphatic carbocycles. The molecule has 10 heteroatoms. The minimum atomic E-state index is -3.32. The van der Waals surface area contributed by atoms with Gasteiger partial charge in [-0.2, -0.15) is 0 Å². The molecule has 0 aliphatic heterocycles. The van der Waals surface area contributed by atoms with E-state index in [-0.39, 0.29) is 5.75 Å². The van der Waals surface area contributed by atoms with Gasteiger partial charge in [-0.1, -0.05) is 30.3 Å². The van der Waals surface area contributed by atoms with E-state index in [4.69, 9.17) is 14.7 Å². The number of rotatable bonds is 9. The number of fused-ring (bicyclic) bond motifs is 1. The molecule has 0 spiro atoms. The van der Waals surface area contributed by atoms with E-state index in [1.54, 1.807) is 55.0 Å². The fourth-order valence-electron chi connectivity index (χ4n) is 3.79. The van der Waals surface area contributed by atoms with E-state index in [0.29, 0.717) is 29.5 Å². The molecule has 5 aromatic rings. The molecule has 8 nitrogen and oxygen atoms in total. The van der Waals surface area contributed by atoms with Crippen LogP contribution >= 0.6 is 11.3 Å². The van der Waals surface area contributed by atoms with Crippen LogP contribution in [-0.4, -0.2) is 47.2 Å². The zero-order valence-corrected chi connectivity index (χ0v) is 20.6. The molecule has 0 atom stereocenters. The van der Waals surface area contributed by atoms with Crippen molar-refractivity contribution in [2.75, 3.05) is 24.7 Å². The van der Waals surface area contributed by atoms with Gasteiger partial charge in [-0.25, -0.2) is 23.4 Å². The summed E-state index contributed by atoms with van der Waals surface area (Å²) in [5.74, 6) is 1.23. The van der Waals surface area contributed by atoms with Crippen molar-refractivity contribution >= 4 is 32.1 Å². The van der Waals surface area contributed by atoms with E-state index in [2.05, 4.69) is 10.3 Å². The van der Waals surface area contributed by atoms with Gasteiger partial charge in [-0.15, -0.1) is 11.3 Å². The number of thiazole rings is 1. The van der Waals surface area contributed by atoms with Crippen LogP contribution in [0.3, 0.4) is 0 Å². The first kappa shape index (κ1) is 23.0. The molecule has 1 N–H and O–H groups in total. The highest BCUT2D eigenvalue weighted by atomic mass is 32.2. The monoisotopic (exact) mass is 505 g/mol. The average Bonchev–Trinajstić information content (AvgIpc) is 3.49. The van der Waals surface area contributed by atoms with Gasteiger partial charge in [-0.05, 0) is 36.8 Å². The number of benzene rings is 2. The summed E-state index contributed by atoms with van der Waals surface area (Å²) in [6.45, 7) is 0.429. The third-order valence-electron chi connectivity index (χ3n) is 5.48. The lowest BCUT2D eigenvalue weighted by molar-refractivity contribution is 0.415. The zero-order chi connectivity index (χ0) is 24.3. The molecular weight excluding hydrogens is 482 g/mol. The van der Waals surface area contributed by atoms with Crippen molar-refractivity contribution in [3.63, 3.8) is 0 Å². The minimum absolute atomic E-state index is 0.0435. The Kier molecular flexibility index (Phi) is 6.47. The Hall–Kier alpha value is -3.76. The van der Waals surface area contributed by atoms with Gasteiger partial charge in [0.15, 0.2) is 14.8 Å². The SMILES string of the molecule is COc1cccc(-c2nc3sccn3c2-c2ccnc(NCCCS(=O)(=O)c3ccccc3)n2)c1. The molecule has 5 rings (SSSR count). The van der Waals surface area contributed by atoms with Crippen molar-refractivity contribution in [2.24, 2.45) is 0 Å². The molecule has 0 aliphatic rings. The summed E-state index contributed by atoms with van der Waals surface area (Å²) in [4.78, 5) is 15.1. The molecule has 35 heavy (non-hydrogen) atoms. The summed E-state index contributed by atoms with van der Waals surface area (Å²) < 4.78 is 32.4. The van der Waals surface area contributed by atoms with E-state index in [0.717, 1.165) is 27.7 Å². The predicted molar refractivity (Wildman–Crippen MR) is 138 cm³/mol. The number of anilines is 1. The van der Waals surface area contributed by atoms with Crippen LogP contribution in [0, 0.1) is 0 Å². The van der Waals surface area contributed by atoms with Gasteiger partial charge in [-0.3, -0.25) is 4.40 Å². The number of imidazole rings is 1. The lowest BCUT2D eigenvalue weighted by Crippen LogP contribution is -2.13. The predicted octanol–water partition coefficient (Wildman–Crippen LogP) is 4.80. The Morgan fingerprint density at radius 2 is 1.91 bits per heavy atom. The summed E-state index contributed by atoms with van der Waals surface area (Å²) in [7, 11) is -1.68. The van der Waals surface area contributed by atoms with Crippen LogP contribution in [0.5, 0.6) is 5.75 Å². The standard InChI is InChI=1S/C25H23N5O3S2/c1-33-19-8-5-7-18(17-19)22-23(30-14-15-34-25(30)29-22)21-11-13-27-24(28-21)26-12-6-16-35(31,32)20-9-3-2-4-10-20/h2-5,7-11,13-15,17H,6,12,16H2,1H3,(H,26,27,28). The summed E-state index contributed by atoms with van der Waals surface area (Å²) in [6.07, 6.45) is 4.09. The number of nitrogens with zero attached hydrogens (tertiary/aromatic N) is 4. The number of sulfone groups is 1. The normalized spacial score (nSPS) is 11.6. The molecule has 0 bridgehead atoms. The van der Waals surface area contributed by atoms with Crippen molar-refractivity contribution in [3.8, 4) is 28.4 Å². The molecule has 178 valence electrons. The Balaban J connectivity index is 1.36. The first-order valence-corrected chi connectivity index (χ1v) is 13.5. The van der Waals surface area contributed by atoms with Gasteiger partial charge < -0.3 is 10.1 Å². The first-order chi connectivity index (χ1) is 17.0. The molecule has 3 heterocycles. The van der Waals surface area contributed by atoms with Gasteiger partial charge in [0, 0.05) is 29.9 Å². The lowest BCUT2D eigenvalue weighted by Gasteiger charge is -2.09. The Bertz CT molecular complexity index is 1560. The second-order valence-electron chi connectivity index (χ2n) is 7.77. The van der Waals surface area contributed by atoms with Crippen molar-refractivity contribution in [1.29, 1.82) is 0 Å². The van der Waals surface area contributed by atoms with Crippen molar-refractivity contribution < 1.29 is 13.2 Å². The summed E-state index contributed by atoms with van der Waals surface area (Å²) in [6, 6.07) is 18.1. The van der Waals surface area contributed by atoms with Crippen LogP contribution in [-0.2, 0) is 9.84 Å². The Labute approximate surface area is 207 Å². The minimum Gasteiger partial charge on any atom is -0.497 e. The summed E-state index contributed by atoms with van der Waals surface area (Å²) in [5.41, 5.74) is 3.29. The van der Waals surface area contributed by atoms with Crippen molar-refractivity contribution in [2.45, 2.75) is 11.3 Å². The number of nitrogens with one attached hydrogen (secondary N) is 1. The molecule has 3 aromatic heterocycles. The molecule has 0 saturated carbocycles. The molecular formula is C25H23N5O3S2. The van der Waals surface area contributed by atoms with Crippen LogP contribution in [0.15, 0.2) is 83.3 Å². The molecule has 0 unspecified atom stereocenters. The van der Waals surface area contributed by atoms with Gasteiger partial charge in [0.1, 0.15) is 11.4 Å². The van der Waals surface area contributed by atoms with Crippen LogP contribution in [0.2, 0.25) is 0 Å². The van der Waals surface area contributed by atoms with E-state index in [9.17, 15) is 8.42 Å². The Morgan fingerprint density at radius 1 is 1.06 bits per heavy atom. The summed E-state index contributed by atoms with van der Waals surface area (Å²) in [5, 5.41) is 5.14. The maximum Gasteiger partial charge on any atom is 0.223 e. The average molecular weight is 506 g/mol. The van der Waals surface area contributed by atoms with E-state index in [1.165, 1.54) is 0 Å². The van der Waals surface area contributed by atoms with Gasteiger partial charge in [0.2, 0.25) is 5.95 Å². The fraction of sp³-hybridized carbons (Fsp3) is 0.160. The largest absolute Gasteiger partial charge is 0.497 e. The van der Waals surface area contributed by atoms with E-state index in [1.807, 2.05) is 46.3 Å². The highest BCUT2D eigenvalue weighted by Gasteiger charge is 2.19. The van der Waals surface area contributed by atoms with E-state index >= 15 is 0 Å². The van der Waals surface area contributed by atoms with Crippen LogP contribution in [0.25, 0.3) is 27.6 Å². The quantitative estimate of drug-likeness (QED) is 0.287. The third kappa shape index (κ3) is 4.89. The molecule has 0 radical (unpaired) electrons. The van der Waals surface area contributed by atoms with Crippen molar-refractivity contribution in [1.82, 2.24) is 19.4 Å². The fourth-order valence-corrected chi connectivity index (χ4v) is 5.83. The second kappa shape index (κ2) is 9.85. The number of ether oxygens (including phenoxy) is 1. The topological polar surface area (TPSA) is 98.5 Å². The van der Waals surface area contributed by atoms with Crippen molar-refractivity contribution in [3.05, 3.63) is 78.4 Å². The van der Waals surface area contributed by atoms with Gasteiger partial charge >= 0.3 is 0 Å². The maximum absolute atomic E-state index is 12.5. The van der Waals surface area contributed by atoms with Gasteiger partial charge in [0.25, 0.3) is 0 Å². The third-order valence-corrected chi connectivity index (χ3v) is 8.05. The number of hydrogen-bond acceptors (Lipinski definition) is 8. The van der Waals surface area contributed by atoms with Crippen LogP contribution < -0.4 is 10.1 Å². The highest BCUT2D eigenvalue weighted by Crippen LogP contribution is 2.34. The first-order valence-electron chi connectivity index (χ1n) is 11.0. The zero-order valence-electron chi connectivity index (χ0n) is 19.0. The second-order valence-corrected chi connectivity index (χ2v) is 10.8. The number of hydrogen-bond donors (Lipinski definition) is 1. The number of aromatic nitrogens is 4. The summed E-state index contributed by atoms with van der Waals surface area (Å²) >= 11 is 1.55. The molecule has 0 amide bonds. The van der Waals surface area contributed by atoms with Crippen LogP contribution in [0.4, 0.5) is 5.95 Å². The van der Waals surface area contributed by atoms with Gasteiger partial charge in [0.05, 0.1) is 29.1 Å². The maximum atomic E-state index is 12.5. The number of methoxy groups -OCH3 is 1.